The van der Waals surface area contributed by atoms with Crippen LogP contribution in [0.5, 0.6) is 0 Å². The normalized spacial score (nSPS) is 10.9. The topological polar surface area (TPSA) is 68.9 Å². The van der Waals surface area contributed by atoms with Crippen LogP contribution < -0.4 is 10.9 Å². The van der Waals surface area contributed by atoms with Crippen LogP contribution in [0.25, 0.3) is 10.9 Å². The van der Waals surface area contributed by atoms with Crippen LogP contribution in [0.3, 0.4) is 0 Å². The molecule has 0 bridgehead atoms. The molecule has 2 heterocycles. The van der Waals surface area contributed by atoms with Crippen LogP contribution in [0.2, 0.25) is 0 Å². The van der Waals surface area contributed by atoms with Crippen molar-refractivity contribution in [2.24, 2.45) is 0 Å². The summed E-state index contributed by atoms with van der Waals surface area (Å²) >= 11 is 0. The lowest BCUT2D eigenvalue weighted by Gasteiger charge is -2.13. The average Bonchev–Trinajstić information content (AvgIpc) is 3.30. The largest absolute Gasteiger partial charge is 0.348 e. The molecule has 0 radical (unpaired) electrons. The first-order chi connectivity index (χ1) is 16.7. The Balaban J connectivity index is 1.57. The van der Waals surface area contributed by atoms with Gasteiger partial charge in [-0.25, -0.2) is 0 Å². The number of hydrogen-bond acceptors (Lipinski definition) is 3. The van der Waals surface area contributed by atoms with E-state index in [-0.39, 0.29) is 11.5 Å². The summed E-state index contributed by atoms with van der Waals surface area (Å²) < 4.78 is 3.32. The minimum absolute atomic E-state index is 0.169. The molecule has 0 saturated carbocycles. The minimum Gasteiger partial charge on any atom is -0.348 e. The van der Waals surface area contributed by atoms with Gasteiger partial charge in [0.15, 0.2) is 0 Å². The Kier molecular flexibility index (Phi) is 6.03. The number of pyridine rings is 1. The molecule has 5 aromatic rings. The predicted octanol–water partition coefficient (Wildman–Crippen LogP) is 4.22. The van der Waals surface area contributed by atoms with Crippen molar-refractivity contribution in [1.82, 2.24) is 19.7 Å². The monoisotopic (exact) mass is 448 g/mol. The minimum atomic E-state index is -0.245. The lowest BCUT2D eigenvalue weighted by atomic mass is 10.1. The van der Waals surface area contributed by atoms with Crippen LogP contribution in [0.4, 0.5) is 0 Å². The number of rotatable bonds is 7. The number of nitrogens with zero attached hydrogens (tertiary/aromatic N) is 3. The van der Waals surface area contributed by atoms with Crippen molar-refractivity contribution in [3.63, 3.8) is 0 Å². The summed E-state index contributed by atoms with van der Waals surface area (Å²) in [5.41, 5.74) is 3.83. The maximum atomic E-state index is 13.4. The number of benzene rings is 3. The summed E-state index contributed by atoms with van der Waals surface area (Å²) in [4.78, 5) is 26.7. The Morgan fingerprint density at radius 3 is 1.94 bits per heavy atom. The highest BCUT2D eigenvalue weighted by Gasteiger charge is 2.20. The molecular formula is C28H24N4O2. The van der Waals surface area contributed by atoms with Gasteiger partial charge in [0.2, 0.25) is 0 Å². The van der Waals surface area contributed by atoms with Crippen LogP contribution in [0.1, 0.15) is 27.0 Å². The fourth-order valence-electron chi connectivity index (χ4n) is 4.07. The van der Waals surface area contributed by atoms with Crippen LogP contribution in [-0.2, 0) is 19.6 Å². The van der Waals surface area contributed by atoms with Gasteiger partial charge in [0.05, 0.1) is 35.8 Å². The van der Waals surface area contributed by atoms with Gasteiger partial charge in [0.1, 0.15) is 0 Å². The van der Waals surface area contributed by atoms with Gasteiger partial charge in [-0.1, -0.05) is 91.0 Å². The molecule has 0 atom stereocenters. The second kappa shape index (κ2) is 9.58. The van der Waals surface area contributed by atoms with E-state index in [9.17, 15) is 9.59 Å². The molecular weight excluding hydrogens is 424 g/mol. The fraction of sp³-hybridized carbons (Fsp3) is 0.107. The summed E-state index contributed by atoms with van der Waals surface area (Å²) in [6, 6.07) is 29.4. The van der Waals surface area contributed by atoms with Crippen LogP contribution in [-0.4, -0.2) is 20.3 Å². The average molecular weight is 449 g/mol. The Hall–Kier alpha value is -4.45. The van der Waals surface area contributed by atoms with Crippen LogP contribution in [0.15, 0.2) is 108 Å². The van der Waals surface area contributed by atoms with E-state index in [1.807, 2.05) is 91.0 Å². The first-order valence-corrected chi connectivity index (χ1v) is 11.2. The van der Waals surface area contributed by atoms with Crippen molar-refractivity contribution in [1.29, 1.82) is 0 Å². The quantitative estimate of drug-likeness (QED) is 0.405. The maximum absolute atomic E-state index is 13.4. The number of aromatic nitrogens is 3. The molecule has 0 unspecified atom stereocenters. The molecule has 1 amide bonds. The van der Waals surface area contributed by atoms with Gasteiger partial charge in [-0.05, 0) is 16.7 Å². The third-order valence-electron chi connectivity index (χ3n) is 5.78. The van der Waals surface area contributed by atoms with Crippen molar-refractivity contribution < 1.29 is 4.79 Å². The number of amides is 1. The summed E-state index contributed by atoms with van der Waals surface area (Å²) in [6.07, 6.45) is 3.22. The van der Waals surface area contributed by atoms with Gasteiger partial charge < -0.3 is 9.88 Å². The van der Waals surface area contributed by atoms with E-state index < -0.39 is 0 Å². The lowest BCUT2D eigenvalue weighted by Crippen LogP contribution is -2.28. The summed E-state index contributed by atoms with van der Waals surface area (Å²) in [6.45, 7) is 1.23. The Morgan fingerprint density at radius 1 is 0.765 bits per heavy atom. The van der Waals surface area contributed by atoms with Crippen LogP contribution in [0, 0.1) is 0 Å². The molecule has 0 aliphatic heterocycles. The van der Waals surface area contributed by atoms with Crippen molar-refractivity contribution in [3.05, 3.63) is 136 Å². The zero-order valence-electron chi connectivity index (χ0n) is 18.6. The highest BCUT2D eigenvalue weighted by molar-refractivity contribution is 6.05. The molecule has 0 fully saturated rings. The van der Waals surface area contributed by atoms with Crippen molar-refractivity contribution in [2.75, 3.05) is 0 Å². The lowest BCUT2D eigenvalue weighted by molar-refractivity contribution is 0.0951. The van der Waals surface area contributed by atoms with Gasteiger partial charge in [-0.2, -0.15) is 5.10 Å². The summed E-state index contributed by atoms with van der Waals surface area (Å²) in [7, 11) is 0. The highest BCUT2D eigenvalue weighted by atomic mass is 16.2. The van der Waals surface area contributed by atoms with Gasteiger partial charge in [0.25, 0.3) is 11.5 Å². The molecule has 1 N–H and O–H groups in total. The molecule has 0 saturated heterocycles. The van der Waals surface area contributed by atoms with Crippen molar-refractivity contribution in [2.45, 2.75) is 19.6 Å². The van der Waals surface area contributed by atoms with E-state index in [1.165, 1.54) is 0 Å². The molecule has 34 heavy (non-hydrogen) atoms. The van der Waals surface area contributed by atoms with Crippen molar-refractivity contribution >= 4 is 16.8 Å². The number of nitrogens with one attached hydrogen (secondary N) is 1. The second-order valence-electron chi connectivity index (χ2n) is 8.18. The van der Waals surface area contributed by atoms with E-state index in [1.54, 1.807) is 21.6 Å². The number of hydrogen-bond donors (Lipinski definition) is 1. The Bertz CT molecular complexity index is 1470. The molecule has 168 valence electrons. The number of fused-ring (bicyclic) bond motifs is 1. The first kappa shape index (κ1) is 21.4. The van der Waals surface area contributed by atoms with E-state index in [2.05, 4.69) is 10.4 Å². The third kappa shape index (κ3) is 4.52. The molecule has 0 aliphatic carbocycles. The van der Waals surface area contributed by atoms with Gasteiger partial charge in [0, 0.05) is 12.7 Å². The molecule has 5 rings (SSSR count). The van der Waals surface area contributed by atoms with E-state index in [0.29, 0.717) is 36.1 Å². The van der Waals surface area contributed by atoms with E-state index >= 15 is 0 Å². The standard InChI is InChI=1S/C28H24N4O2/c33-27(29-16-21-10-4-1-5-11-21)25-20-31(18-22-12-6-2-7-13-22)28(34)24-17-30-32(26(24)25)19-23-14-8-3-9-15-23/h1-15,17,20H,16,18-19H2,(H,29,33). The summed E-state index contributed by atoms with van der Waals surface area (Å²) in [5, 5.41) is 7.92. The van der Waals surface area contributed by atoms with E-state index in [4.69, 9.17) is 0 Å². The molecule has 0 spiro atoms. The molecule has 6 nitrogen and oxygen atoms in total. The molecule has 3 aromatic carbocycles. The summed E-state index contributed by atoms with van der Waals surface area (Å²) in [5.74, 6) is -0.245. The second-order valence-corrected chi connectivity index (χ2v) is 8.18. The Labute approximate surface area is 197 Å². The Morgan fingerprint density at radius 2 is 1.32 bits per heavy atom. The zero-order chi connectivity index (χ0) is 23.3. The molecule has 2 aromatic heterocycles. The maximum Gasteiger partial charge on any atom is 0.261 e. The van der Waals surface area contributed by atoms with Crippen molar-refractivity contribution in [3.8, 4) is 0 Å². The number of carbonyl (C=O) groups is 1. The van der Waals surface area contributed by atoms with Gasteiger partial charge in [-0.15, -0.1) is 0 Å². The highest BCUT2D eigenvalue weighted by Crippen LogP contribution is 2.18. The zero-order valence-corrected chi connectivity index (χ0v) is 18.6. The van der Waals surface area contributed by atoms with E-state index in [0.717, 1.165) is 16.7 Å². The molecule has 6 heteroatoms. The fourth-order valence-corrected chi connectivity index (χ4v) is 4.07. The predicted molar refractivity (Wildman–Crippen MR) is 133 cm³/mol. The third-order valence-corrected chi connectivity index (χ3v) is 5.78. The van der Waals surface area contributed by atoms with Gasteiger partial charge in [-0.3, -0.25) is 14.3 Å². The number of carbonyl (C=O) groups excluding carboxylic acids is 1. The smallest absolute Gasteiger partial charge is 0.261 e. The van der Waals surface area contributed by atoms with Crippen LogP contribution >= 0.6 is 0 Å². The molecule has 0 aliphatic rings. The SMILES string of the molecule is O=C(NCc1ccccc1)c1cn(Cc2ccccc2)c(=O)c2cnn(Cc3ccccc3)c12. The van der Waals surface area contributed by atoms with Gasteiger partial charge >= 0.3 is 0 Å². The first-order valence-electron chi connectivity index (χ1n) is 11.2.